The van der Waals surface area contributed by atoms with Gasteiger partial charge < -0.3 is 9.94 Å². The maximum absolute atomic E-state index is 9.34. The fourth-order valence-electron chi connectivity index (χ4n) is 0.867. The molecule has 0 aliphatic carbocycles. The Balaban J connectivity index is 2.81. The first-order valence-electron chi connectivity index (χ1n) is 3.48. The molecule has 0 aliphatic rings. The van der Waals surface area contributed by atoms with Crippen molar-refractivity contribution in [3.8, 4) is 5.75 Å². The van der Waals surface area contributed by atoms with Gasteiger partial charge in [-0.25, -0.2) is 0 Å². The van der Waals surface area contributed by atoms with Crippen LogP contribution in [0.25, 0.3) is 0 Å². The predicted molar refractivity (Wildman–Crippen MR) is 47.0 cm³/mol. The molecule has 0 atom stereocenters. The van der Waals surface area contributed by atoms with E-state index in [2.05, 4.69) is 10.3 Å². The van der Waals surface area contributed by atoms with Crippen LogP contribution in [0, 0.1) is 0 Å². The SMILES string of the molecule is CONCc1c(O)cccc1Cl. The molecule has 0 heterocycles. The second-order valence-electron chi connectivity index (χ2n) is 2.26. The van der Waals surface area contributed by atoms with Gasteiger partial charge in [0, 0.05) is 10.6 Å². The number of phenols is 1. The number of benzene rings is 1. The third-order valence-electron chi connectivity index (χ3n) is 1.49. The number of hydrogen-bond acceptors (Lipinski definition) is 3. The van der Waals surface area contributed by atoms with Crippen LogP contribution >= 0.6 is 11.6 Å². The topological polar surface area (TPSA) is 41.5 Å². The van der Waals surface area contributed by atoms with Gasteiger partial charge in [0.25, 0.3) is 0 Å². The van der Waals surface area contributed by atoms with Crippen LogP contribution in [-0.2, 0) is 11.4 Å². The minimum absolute atomic E-state index is 0.173. The summed E-state index contributed by atoms with van der Waals surface area (Å²) in [6.45, 7) is 0.391. The first-order chi connectivity index (χ1) is 5.75. The molecule has 0 amide bonds. The van der Waals surface area contributed by atoms with Crippen LogP contribution in [0.15, 0.2) is 18.2 Å². The van der Waals surface area contributed by atoms with Crippen molar-refractivity contribution in [2.24, 2.45) is 0 Å². The van der Waals surface area contributed by atoms with Crippen LogP contribution in [0.4, 0.5) is 0 Å². The number of rotatable bonds is 3. The van der Waals surface area contributed by atoms with Crippen LogP contribution in [-0.4, -0.2) is 12.2 Å². The Morgan fingerprint density at radius 3 is 2.92 bits per heavy atom. The predicted octanol–water partition coefficient (Wildman–Crippen LogP) is 1.70. The number of halogens is 1. The number of hydroxylamine groups is 1. The molecule has 0 saturated carbocycles. The molecule has 0 bridgehead atoms. The zero-order valence-corrected chi connectivity index (χ0v) is 7.43. The quantitative estimate of drug-likeness (QED) is 0.708. The summed E-state index contributed by atoms with van der Waals surface area (Å²) < 4.78 is 0. The minimum Gasteiger partial charge on any atom is -0.508 e. The Morgan fingerprint density at radius 2 is 2.33 bits per heavy atom. The van der Waals surface area contributed by atoms with Crippen molar-refractivity contribution in [3.63, 3.8) is 0 Å². The van der Waals surface area contributed by atoms with Gasteiger partial charge in [-0.1, -0.05) is 17.7 Å². The molecule has 2 N–H and O–H groups in total. The summed E-state index contributed by atoms with van der Waals surface area (Å²) in [5.74, 6) is 0.173. The van der Waals surface area contributed by atoms with Gasteiger partial charge in [-0.3, -0.25) is 0 Å². The third kappa shape index (κ3) is 2.11. The summed E-state index contributed by atoms with van der Waals surface area (Å²) in [7, 11) is 1.51. The van der Waals surface area contributed by atoms with Gasteiger partial charge in [-0.2, -0.15) is 5.48 Å². The number of phenolic OH excluding ortho intramolecular Hbond substituents is 1. The van der Waals surface area contributed by atoms with Gasteiger partial charge in [0.05, 0.1) is 13.7 Å². The Bertz CT molecular complexity index is 245. The zero-order chi connectivity index (χ0) is 8.97. The van der Waals surface area contributed by atoms with Crippen molar-refractivity contribution in [1.29, 1.82) is 0 Å². The Hall–Kier alpha value is -0.770. The minimum atomic E-state index is 0.173. The standard InChI is InChI=1S/C8H10ClNO2/c1-12-10-5-6-7(9)3-2-4-8(6)11/h2-4,10-11H,5H2,1H3. The molecule has 1 aromatic carbocycles. The molecule has 0 aromatic heterocycles. The average molecular weight is 188 g/mol. The van der Waals surface area contributed by atoms with Crippen molar-refractivity contribution in [3.05, 3.63) is 28.8 Å². The fourth-order valence-corrected chi connectivity index (χ4v) is 1.10. The maximum atomic E-state index is 9.34. The van der Waals surface area contributed by atoms with E-state index in [1.807, 2.05) is 0 Å². The third-order valence-corrected chi connectivity index (χ3v) is 1.84. The molecule has 1 rings (SSSR count). The molecule has 0 spiro atoms. The smallest absolute Gasteiger partial charge is 0.121 e. The van der Waals surface area contributed by atoms with Crippen molar-refractivity contribution in [2.75, 3.05) is 7.11 Å². The molecular formula is C8H10ClNO2. The molecule has 3 nitrogen and oxygen atoms in total. The summed E-state index contributed by atoms with van der Waals surface area (Å²) >= 11 is 5.81. The highest BCUT2D eigenvalue weighted by molar-refractivity contribution is 6.31. The molecule has 1 aromatic rings. The second kappa shape index (κ2) is 4.30. The van der Waals surface area contributed by atoms with Crippen LogP contribution in [0.1, 0.15) is 5.56 Å². The molecule has 0 radical (unpaired) electrons. The molecule has 66 valence electrons. The summed E-state index contributed by atoms with van der Waals surface area (Å²) in [5.41, 5.74) is 3.24. The van der Waals surface area contributed by atoms with Crippen molar-refractivity contribution < 1.29 is 9.94 Å². The van der Waals surface area contributed by atoms with Gasteiger partial charge >= 0.3 is 0 Å². The number of nitrogens with one attached hydrogen (secondary N) is 1. The normalized spacial score (nSPS) is 10.2. The van der Waals surface area contributed by atoms with Crippen LogP contribution < -0.4 is 5.48 Å². The lowest BCUT2D eigenvalue weighted by atomic mass is 10.2. The van der Waals surface area contributed by atoms with Crippen molar-refractivity contribution >= 4 is 11.6 Å². The highest BCUT2D eigenvalue weighted by Crippen LogP contribution is 2.24. The monoisotopic (exact) mass is 187 g/mol. The first kappa shape index (κ1) is 9.32. The fraction of sp³-hybridized carbons (Fsp3) is 0.250. The van der Waals surface area contributed by atoms with Gasteiger partial charge in [0.15, 0.2) is 0 Å². The Morgan fingerprint density at radius 1 is 1.58 bits per heavy atom. The molecular weight excluding hydrogens is 178 g/mol. The van der Waals surface area contributed by atoms with Gasteiger partial charge in [0.2, 0.25) is 0 Å². The van der Waals surface area contributed by atoms with E-state index in [1.165, 1.54) is 7.11 Å². The lowest BCUT2D eigenvalue weighted by Crippen LogP contribution is -2.11. The van der Waals surface area contributed by atoms with E-state index in [0.717, 1.165) is 0 Å². The highest BCUT2D eigenvalue weighted by atomic mass is 35.5. The molecule has 0 unspecified atom stereocenters. The average Bonchev–Trinajstić information content (AvgIpc) is 2.04. The first-order valence-corrected chi connectivity index (χ1v) is 3.85. The van der Waals surface area contributed by atoms with E-state index in [0.29, 0.717) is 17.1 Å². The lowest BCUT2D eigenvalue weighted by Gasteiger charge is -2.06. The van der Waals surface area contributed by atoms with Gasteiger partial charge in [-0.05, 0) is 12.1 Å². The largest absolute Gasteiger partial charge is 0.508 e. The van der Waals surface area contributed by atoms with E-state index in [-0.39, 0.29) is 5.75 Å². The van der Waals surface area contributed by atoms with Crippen molar-refractivity contribution in [2.45, 2.75) is 6.54 Å². The maximum Gasteiger partial charge on any atom is 0.121 e. The van der Waals surface area contributed by atoms with Crippen LogP contribution in [0.2, 0.25) is 5.02 Å². The van der Waals surface area contributed by atoms with E-state index < -0.39 is 0 Å². The molecule has 4 heteroatoms. The summed E-state index contributed by atoms with van der Waals surface area (Å²) in [6, 6.07) is 4.99. The van der Waals surface area contributed by atoms with E-state index in [9.17, 15) is 5.11 Å². The summed E-state index contributed by atoms with van der Waals surface area (Å²) in [6.07, 6.45) is 0. The summed E-state index contributed by atoms with van der Waals surface area (Å²) in [5, 5.41) is 9.87. The molecule has 0 saturated heterocycles. The van der Waals surface area contributed by atoms with E-state index in [1.54, 1.807) is 18.2 Å². The van der Waals surface area contributed by atoms with Gasteiger partial charge in [0.1, 0.15) is 5.75 Å². The van der Waals surface area contributed by atoms with Gasteiger partial charge in [-0.15, -0.1) is 0 Å². The zero-order valence-electron chi connectivity index (χ0n) is 6.67. The van der Waals surface area contributed by atoms with E-state index >= 15 is 0 Å². The summed E-state index contributed by atoms with van der Waals surface area (Å²) in [4.78, 5) is 4.64. The lowest BCUT2D eigenvalue weighted by molar-refractivity contribution is 0.0862. The van der Waals surface area contributed by atoms with Crippen LogP contribution in [0.5, 0.6) is 5.75 Å². The van der Waals surface area contributed by atoms with Crippen LogP contribution in [0.3, 0.4) is 0 Å². The molecule has 12 heavy (non-hydrogen) atoms. The Kier molecular flexibility index (Phi) is 3.34. The molecule has 0 fully saturated rings. The molecule has 0 aliphatic heterocycles. The van der Waals surface area contributed by atoms with E-state index in [4.69, 9.17) is 11.6 Å². The second-order valence-corrected chi connectivity index (χ2v) is 2.67. The number of hydrogen-bond donors (Lipinski definition) is 2. The van der Waals surface area contributed by atoms with Crippen molar-refractivity contribution in [1.82, 2.24) is 5.48 Å². The number of aromatic hydroxyl groups is 1. The Labute approximate surface area is 75.9 Å². The highest BCUT2D eigenvalue weighted by Gasteiger charge is 2.04.